The summed E-state index contributed by atoms with van der Waals surface area (Å²) in [6, 6.07) is 0. The van der Waals surface area contributed by atoms with E-state index in [1.807, 2.05) is 0 Å². The van der Waals surface area contributed by atoms with Crippen LogP contribution in [0.4, 0.5) is 0 Å². The molecule has 0 aliphatic rings. The summed E-state index contributed by atoms with van der Waals surface area (Å²) in [5, 5.41) is 9.55. The minimum absolute atomic E-state index is 0.174. The third-order valence-electron chi connectivity index (χ3n) is 8.47. The SMILES string of the molecule is CCCCCCC/C=C\C/C=C\C/C=C\CCCCCCCCCOCC(CO)OC(=O)CCCCCCCCCCCCC. The third-order valence-corrected chi connectivity index (χ3v) is 8.47. The fraction of sp³-hybridized carbons (Fsp3) is 0.829. The molecule has 1 atom stereocenters. The van der Waals surface area contributed by atoms with E-state index in [4.69, 9.17) is 9.47 Å². The van der Waals surface area contributed by atoms with E-state index in [0.29, 0.717) is 19.6 Å². The highest BCUT2D eigenvalue weighted by atomic mass is 16.6. The van der Waals surface area contributed by atoms with Crippen molar-refractivity contribution in [1.82, 2.24) is 0 Å². The molecule has 0 radical (unpaired) electrons. The van der Waals surface area contributed by atoms with Crippen molar-refractivity contribution in [2.45, 2.75) is 200 Å². The van der Waals surface area contributed by atoms with Gasteiger partial charge in [0.25, 0.3) is 0 Å². The molecule has 0 bridgehead atoms. The number of rotatable bonds is 36. The summed E-state index contributed by atoms with van der Waals surface area (Å²) in [5.41, 5.74) is 0. The number of ether oxygens (including phenoxy) is 2. The molecule has 0 aromatic heterocycles. The Labute approximate surface area is 280 Å². The van der Waals surface area contributed by atoms with Gasteiger partial charge in [-0.3, -0.25) is 4.79 Å². The van der Waals surface area contributed by atoms with Gasteiger partial charge in [0.15, 0.2) is 0 Å². The van der Waals surface area contributed by atoms with Crippen LogP contribution in [0.15, 0.2) is 36.5 Å². The molecule has 0 aliphatic heterocycles. The average molecular weight is 633 g/mol. The number of aliphatic hydroxyl groups excluding tert-OH is 1. The van der Waals surface area contributed by atoms with E-state index in [1.165, 1.54) is 141 Å². The van der Waals surface area contributed by atoms with Crippen molar-refractivity contribution in [1.29, 1.82) is 0 Å². The second-order valence-electron chi connectivity index (χ2n) is 13.0. The molecule has 0 rings (SSSR count). The number of aliphatic hydroxyl groups is 1. The van der Waals surface area contributed by atoms with Gasteiger partial charge in [0.05, 0.1) is 13.2 Å². The van der Waals surface area contributed by atoms with Crippen molar-refractivity contribution in [2.24, 2.45) is 0 Å². The Bertz CT molecular complexity index is 668. The number of esters is 1. The summed E-state index contributed by atoms with van der Waals surface area (Å²) >= 11 is 0. The Balaban J connectivity index is 3.45. The highest BCUT2D eigenvalue weighted by Gasteiger charge is 2.13. The van der Waals surface area contributed by atoms with Crippen LogP contribution in [0.3, 0.4) is 0 Å². The maximum Gasteiger partial charge on any atom is 0.306 e. The maximum atomic E-state index is 12.1. The molecule has 4 heteroatoms. The molecular formula is C41H76O4. The maximum absolute atomic E-state index is 12.1. The molecule has 45 heavy (non-hydrogen) atoms. The second-order valence-corrected chi connectivity index (χ2v) is 13.0. The summed E-state index contributed by atoms with van der Waals surface area (Å²) in [6.45, 7) is 5.31. The monoisotopic (exact) mass is 633 g/mol. The number of hydrogen-bond acceptors (Lipinski definition) is 4. The van der Waals surface area contributed by atoms with Crippen LogP contribution in [0.5, 0.6) is 0 Å². The van der Waals surface area contributed by atoms with E-state index in [9.17, 15) is 9.90 Å². The lowest BCUT2D eigenvalue weighted by molar-refractivity contribution is -0.154. The van der Waals surface area contributed by atoms with Crippen molar-refractivity contribution < 1.29 is 19.4 Å². The first kappa shape index (κ1) is 43.6. The molecule has 0 aromatic carbocycles. The molecule has 1 unspecified atom stereocenters. The fourth-order valence-corrected chi connectivity index (χ4v) is 5.51. The van der Waals surface area contributed by atoms with Gasteiger partial charge in [-0.05, 0) is 51.4 Å². The van der Waals surface area contributed by atoms with Gasteiger partial charge in [-0.25, -0.2) is 0 Å². The van der Waals surface area contributed by atoms with Crippen LogP contribution in [0.25, 0.3) is 0 Å². The molecule has 0 fully saturated rings. The van der Waals surface area contributed by atoms with E-state index in [2.05, 4.69) is 50.3 Å². The van der Waals surface area contributed by atoms with Crippen LogP contribution in [-0.2, 0) is 14.3 Å². The molecule has 1 N–H and O–H groups in total. The minimum atomic E-state index is -0.535. The summed E-state index contributed by atoms with van der Waals surface area (Å²) in [4.78, 5) is 12.1. The summed E-state index contributed by atoms with van der Waals surface area (Å²) < 4.78 is 11.1. The van der Waals surface area contributed by atoms with Crippen LogP contribution in [-0.4, -0.2) is 37.0 Å². The quantitative estimate of drug-likeness (QED) is 0.0424. The highest BCUT2D eigenvalue weighted by Crippen LogP contribution is 2.13. The fourth-order valence-electron chi connectivity index (χ4n) is 5.51. The van der Waals surface area contributed by atoms with Gasteiger partial charge in [0.2, 0.25) is 0 Å². The summed E-state index contributed by atoms with van der Waals surface area (Å²) in [5.74, 6) is -0.206. The molecule has 0 amide bonds. The zero-order valence-electron chi connectivity index (χ0n) is 30.1. The lowest BCUT2D eigenvalue weighted by Crippen LogP contribution is -2.27. The molecule has 0 saturated heterocycles. The molecule has 0 heterocycles. The van der Waals surface area contributed by atoms with Crippen LogP contribution < -0.4 is 0 Å². The molecule has 4 nitrogen and oxygen atoms in total. The molecule has 0 spiro atoms. The molecule has 264 valence electrons. The van der Waals surface area contributed by atoms with Gasteiger partial charge in [0, 0.05) is 13.0 Å². The first-order chi connectivity index (χ1) is 22.2. The van der Waals surface area contributed by atoms with E-state index in [1.54, 1.807) is 0 Å². The smallest absolute Gasteiger partial charge is 0.306 e. The number of hydrogen-bond donors (Lipinski definition) is 1. The first-order valence-corrected chi connectivity index (χ1v) is 19.6. The van der Waals surface area contributed by atoms with Gasteiger partial charge in [0.1, 0.15) is 6.10 Å². The number of carbonyl (C=O) groups is 1. The molecule has 0 aromatic rings. The van der Waals surface area contributed by atoms with E-state index >= 15 is 0 Å². The van der Waals surface area contributed by atoms with E-state index in [0.717, 1.165) is 32.1 Å². The topological polar surface area (TPSA) is 55.8 Å². The molecule has 0 saturated carbocycles. The predicted octanol–water partition coefficient (Wildman–Crippen LogP) is 12.5. The van der Waals surface area contributed by atoms with Gasteiger partial charge < -0.3 is 14.6 Å². The lowest BCUT2D eigenvalue weighted by atomic mass is 10.1. The van der Waals surface area contributed by atoms with Gasteiger partial charge in [-0.2, -0.15) is 0 Å². The Hall–Kier alpha value is -1.39. The predicted molar refractivity (Wildman–Crippen MR) is 196 cm³/mol. The number of carbonyl (C=O) groups excluding carboxylic acids is 1. The third kappa shape index (κ3) is 36.9. The standard InChI is InChI=1S/C41H76O4/c1-3-5-7-9-11-13-15-16-17-18-19-20-21-22-23-24-25-27-29-31-33-35-37-44-39-40(38-42)45-41(43)36-34-32-30-28-26-14-12-10-8-6-4-2/h15-16,18-19,21-22,40,42H,3-14,17,20,23-39H2,1-2H3/b16-15-,19-18-,22-21-. The van der Waals surface area contributed by atoms with Crippen LogP contribution in [0.2, 0.25) is 0 Å². The van der Waals surface area contributed by atoms with Gasteiger partial charge in [-0.15, -0.1) is 0 Å². The van der Waals surface area contributed by atoms with Crippen molar-refractivity contribution >= 4 is 5.97 Å². The molecular weight excluding hydrogens is 556 g/mol. The van der Waals surface area contributed by atoms with Crippen LogP contribution in [0.1, 0.15) is 194 Å². The number of allylic oxidation sites excluding steroid dienone is 6. The number of unbranched alkanes of at least 4 members (excludes halogenated alkanes) is 22. The van der Waals surface area contributed by atoms with Crippen LogP contribution >= 0.6 is 0 Å². The highest BCUT2D eigenvalue weighted by molar-refractivity contribution is 5.69. The Morgan fingerprint density at radius 3 is 1.40 bits per heavy atom. The van der Waals surface area contributed by atoms with Crippen LogP contribution in [0, 0.1) is 0 Å². The molecule has 0 aliphatic carbocycles. The van der Waals surface area contributed by atoms with Gasteiger partial charge >= 0.3 is 5.97 Å². The van der Waals surface area contributed by atoms with Gasteiger partial charge in [-0.1, -0.05) is 172 Å². The second kappa shape index (κ2) is 38.8. The van der Waals surface area contributed by atoms with Crippen molar-refractivity contribution in [3.05, 3.63) is 36.5 Å². The van der Waals surface area contributed by atoms with Crippen molar-refractivity contribution in [3.63, 3.8) is 0 Å². The summed E-state index contributed by atoms with van der Waals surface area (Å²) in [6.07, 6.45) is 47.6. The normalized spacial score (nSPS) is 12.7. The van der Waals surface area contributed by atoms with Crippen molar-refractivity contribution in [3.8, 4) is 0 Å². The summed E-state index contributed by atoms with van der Waals surface area (Å²) in [7, 11) is 0. The Kier molecular flexibility index (Phi) is 37.6. The Morgan fingerprint density at radius 2 is 0.933 bits per heavy atom. The van der Waals surface area contributed by atoms with E-state index in [-0.39, 0.29) is 12.6 Å². The van der Waals surface area contributed by atoms with Crippen molar-refractivity contribution in [2.75, 3.05) is 19.8 Å². The lowest BCUT2D eigenvalue weighted by Gasteiger charge is -2.16. The van der Waals surface area contributed by atoms with E-state index < -0.39 is 6.10 Å². The average Bonchev–Trinajstić information content (AvgIpc) is 3.05. The first-order valence-electron chi connectivity index (χ1n) is 19.6. The zero-order chi connectivity index (χ0) is 32.7. The Morgan fingerprint density at radius 1 is 0.533 bits per heavy atom. The zero-order valence-corrected chi connectivity index (χ0v) is 30.1. The largest absolute Gasteiger partial charge is 0.457 e. The minimum Gasteiger partial charge on any atom is -0.457 e.